The number of amides is 1. The molecule has 1 amide bonds. The second-order valence-electron chi connectivity index (χ2n) is 7.81. The first-order valence-corrected chi connectivity index (χ1v) is 10.1. The minimum Gasteiger partial charge on any atom is -0.373 e. The Hall–Kier alpha value is -3.09. The van der Waals surface area contributed by atoms with Crippen molar-refractivity contribution < 1.29 is 4.79 Å². The van der Waals surface area contributed by atoms with Crippen molar-refractivity contribution in [3.8, 4) is 11.1 Å². The van der Waals surface area contributed by atoms with E-state index in [0.717, 1.165) is 29.9 Å². The lowest BCUT2D eigenvalue weighted by molar-refractivity contribution is -0.125. The van der Waals surface area contributed by atoms with Gasteiger partial charge in [-0.25, -0.2) is 4.98 Å². The molecule has 0 radical (unpaired) electrons. The van der Waals surface area contributed by atoms with Gasteiger partial charge in [-0.2, -0.15) is 0 Å². The van der Waals surface area contributed by atoms with Crippen molar-refractivity contribution in [1.29, 1.82) is 0 Å². The number of hydrogen-bond acceptors (Lipinski definition) is 5. The minimum atomic E-state index is -0.0919. The van der Waals surface area contributed by atoms with Crippen LogP contribution in [0.4, 0.5) is 11.5 Å². The van der Waals surface area contributed by atoms with Crippen LogP contribution in [0.2, 0.25) is 0 Å². The summed E-state index contributed by atoms with van der Waals surface area (Å²) in [5.74, 6) is 1.36. The Kier molecular flexibility index (Phi) is 5.38. The molecule has 7 nitrogen and oxygen atoms in total. The second kappa shape index (κ2) is 8.11. The number of carbonyl (C=O) groups is 1. The number of H-pyrrole nitrogens is 1. The Balaban J connectivity index is 1.66. The molecule has 7 heteroatoms. The van der Waals surface area contributed by atoms with Crippen molar-refractivity contribution in [3.63, 3.8) is 0 Å². The average Bonchev–Trinajstić information content (AvgIpc) is 3.45. The highest BCUT2D eigenvalue weighted by Gasteiger charge is 2.34. The van der Waals surface area contributed by atoms with E-state index in [9.17, 15) is 9.59 Å². The fourth-order valence-electron chi connectivity index (χ4n) is 3.95. The summed E-state index contributed by atoms with van der Waals surface area (Å²) in [6, 6.07) is 6.00. The molecule has 152 valence electrons. The van der Waals surface area contributed by atoms with Crippen molar-refractivity contribution in [2.75, 3.05) is 36.9 Å². The molecule has 0 bridgehead atoms. The Morgan fingerprint density at radius 3 is 2.93 bits per heavy atom. The average molecular weight is 393 g/mol. The zero-order valence-corrected chi connectivity index (χ0v) is 16.7. The Labute approximate surface area is 170 Å². The third-order valence-corrected chi connectivity index (χ3v) is 5.78. The minimum absolute atomic E-state index is 0.0436. The van der Waals surface area contributed by atoms with E-state index in [-0.39, 0.29) is 17.5 Å². The van der Waals surface area contributed by atoms with Crippen LogP contribution >= 0.6 is 0 Å². The number of rotatable bonds is 7. The van der Waals surface area contributed by atoms with Gasteiger partial charge in [0, 0.05) is 50.7 Å². The lowest BCUT2D eigenvalue weighted by Crippen LogP contribution is -2.42. The number of aromatic nitrogens is 2. The van der Waals surface area contributed by atoms with Gasteiger partial charge in [0.25, 0.3) is 5.56 Å². The molecule has 1 atom stereocenters. The normalized spacial score (nSPS) is 18.5. The summed E-state index contributed by atoms with van der Waals surface area (Å²) in [5.41, 5.74) is 2.51. The number of pyridine rings is 2. The van der Waals surface area contributed by atoms with E-state index in [1.807, 2.05) is 30.1 Å². The second-order valence-corrected chi connectivity index (χ2v) is 7.81. The van der Waals surface area contributed by atoms with Gasteiger partial charge in [-0.05, 0) is 55.0 Å². The molecule has 3 heterocycles. The monoisotopic (exact) mass is 393 g/mol. The predicted octanol–water partition coefficient (Wildman–Crippen LogP) is 2.48. The number of carbonyl (C=O) groups excluding carboxylic acids is 1. The van der Waals surface area contributed by atoms with Crippen LogP contribution in [-0.4, -0.2) is 53.5 Å². The van der Waals surface area contributed by atoms with Crippen LogP contribution in [0.25, 0.3) is 11.1 Å². The predicted molar refractivity (Wildman–Crippen MR) is 115 cm³/mol. The fraction of sp³-hybridized carbons (Fsp3) is 0.409. The highest BCUT2D eigenvalue weighted by Crippen LogP contribution is 2.34. The van der Waals surface area contributed by atoms with Crippen LogP contribution < -0.4 is 15.8 Å². The molecule has 0 aromatic carbocycles. The molecule has 2 aliphatic rings. The fourth-order valence-corrected chi connectivity index (χ4v) is 3.95. The summed E-state index contributed by atoms with van der Waals surface area (Å²) >= 11 is 0. The van der Waals surface area contributed by atoms with Gasteiger partial charge in [0.05, 0.1) is 0 Å². The van der Waals surface area contributed by atoms with Crippen LogP contribution in [-0.2, 0) is 4.79 Å². The Bertz CT molecular complexity index is 966. The Morgan fingerprint density at radius 1 is 1.38 bits per heavy atom. The number of anilines is 2. The van der Waals surface area contributed by atoms with Crippen LogP contribution in [0.5, 0.6) is 0 Å². The molecule has 2 aromatic heterocycles. The maximum atomic E-state index is 12.8. The summed E-state index contributed by atoms with van der Waals surface area (Å²) in [6.07, 6.45) is 8.12. The van der Waals surface area contributed by atoms with Gasteiger partial charge in [-0.3, -0.25) is 9.59 Å². The largest absolute Gasteiger partial charge is 0.373 e. The van der Waals surface area contributed by atoms with Crippen LogP contribution in [0.15, 0.2) is 48.0 Å². The molecule has 1 aliphatic carbocycles. The molecule has 2 N–H and O–H groups in total. The summed E-state index contributed by atoms with van der Waals surface area (Å²) in [7, 11) is 1.83. The summed E-state index contributed by atoms with van der Waals surface area (Å²) in [6.45, 7) is 5.77. The topological polar surface area (TPSA) is 81.3 Å². The highest BCUT2D eigenvalue weighted by atomic mass is 16.2. The molecule has 0 spiro atoms. The van der Waals surface area contributed by atoms with E-state index in [4.69, 9.17) is 0 Å². The van der Waals surface area contributed by atoms with Gasteiger partial charge in [0.1, 0.15) is 11.5 Å². The first-order chi connectivity index (χ1) is 14.1. The summed E-state index contributed by atoms with van der Waals surface area (Å²) in [4.78, 5) is 36.0. The first-order valence-electron chi connectivity index (χ1n) is 10.1. The standard InChI is InChI=1S/C22H27N5O2/c1-3-21(28)26-9-7-18(14-26)27(13-15-4-5-15)19-10-17(12-25-22(19)29)16-6-8-24-20(11-16)23-2/h3,6,8,10-12,15,18H,1,4-5,7,9,13-14H2,2H3,(H,23,24)(H,25,29). The van der Waals surface area contributed by atoms with Gasteiger partial charge >= 0.3 is 0 Å². The zero-order chi connectivity index (χ0) is 20.4. The van der Waals surface area contributed by atoms with E-state index in [1.165, 1.54) is 18.9 Å². The molecular weight excluding hydrogens is 366 g/mol. The van der Waals surface area contributed by atoms with Gasteiger partial charge in [0.2, 0.25) is 5.91 Å². The molecular formula is C22H27N5O2. The van der Waals surface area contributed by atoms with Crippen molar-refractivity contribution >= 4 is 17.4 Å². The molecule has 29 heavy (non-hydrogen) atoms. The van der Waals surface area contributed by atoms with Crippen LogP contribution in [0.3, 0.4) is 0 Å². The van der Waals surface area contributed by atoms with Crippen molar-refractivity contribution in [2.45, 2.75) is 25.3 Å². The summed E-state index contributed by atoms with van der Waals surface area (Å²) < 4.78 is 0. The zero-order valence-electron chi connectivity index (χ0n) is 16.7. The molecule has 1 saturated carbocycles. The van der Waals surface area contributed by atoms with E-state index in [1.54, 1.807) is 12.4 Å². The van der Waals surface area contributed by atoms with Gasteiger partial charge in [0.15, 0.2) is 0 Å². The van der Waals surface area contributed by atoms with E-state index in [0.29, 0.717) is 24.7 Å². The first kappa shape index (κ1) is 19.2. The van der Waals surface area contributed by atoms with E-state index in [2.05, 4.69) is 26.8 Å². The van der Waals surface area contributed by atoms with Gasteiger partial charge in [-0.1, -0.05) is 6.58 Å². The lowest BCUT2D eigenvalue weighted by atomic mass is 10.1. The molecule has 1 unspecified atom stereocenters. The Morgan fingerprint density at radius 2 is 2.21 bits per heavy atom. The number of aromatic amines is 1. The molecule has 2 fully saturated rings. The number of nitrogens with zero attached hydrogens (tertiary/aromatic N) is 3. The number of nitrogens with one attached hydrogen (secondary N) is 2. The molecule has 4 rings (SSSR count). The third-order valence-electron chi connectivity index (χ3n) is 5.78. The third kappa shape index (κ3) is 4.18. The quantitative estimate of drug-likeness (QED) is 0.707. The van der Waals surface area contributed by atoms with Crippen LogP contribution in [0, 0.1) is 5.92 Å². The van der Waals surface area contributed by atoms with E-state index >= 15 is 0 Å². The smallest absolute Gasteiger partial charge is 0.271 e. The molecule has 1 aliphatic heterocycles. The van der Waals surface area contributed by atoms with Gasteiger partial charge < -0.3 is 20.1 Å². The highest BCUT2D eigenvalue weighted by molar-refractivity contribution is 5.87. The van der Waals surface area contributed by atoms with Crippen LogP contribution in [0.1, 0.15) is 19.3 Å². The van der Waals surface area contributed by atoms with Crippen molar-refractivity contribution in [3.05, 3.63) is 53.6 Å². The van der Waals surface area contributed by atoms with Gasteiger partial charge in [-0.15, -0.1) is 0 Å². The maximum Gasteiger partial charge on any atom is 0.271 e. The SMILES string of the molecule is C=CC(=O)N1CCC(N(CC2CC2)c2cc(-c3ccnc(NC)c3)c[nH]c2=O)C1. The lowest BCUT2D eigenvalue weighted by Gasteiger charge is -2.31. The number of likely N-dealkylation sites (tertiary alicyclic amines) is 1. The maximum absolute atomic E-state index is 12.8. The summed E-state index contributed by atoms with van der Waals surface area (Å²) in [5, 5.41) is 3.05. The van der Waals surface area contributed by atoms with E-state index < -0.39 is 0 Å². The number of hydrogen-bond donors (Lipinski definition) is 2. The van der Waals surface area contributed by atoms with Crippen molar-refractivity contribution in [2.24, 2.45) is 5.92 Å². The molecule has 1 saturated heterocycles. The molecule has 2 aromatic rings. The van der Waals surface area contributed by atoms with Crippen molar-refractivity contribution in [1.82, 2.24) is 14.9 Å².